The number of carbonyl (C=O) groups excluding carboxylic acids is 1. The van der Waals surface area contributed by atoms with Gasteiger partial charge in [0.25, 0.3) is 0 Å². The molecule has 0 saturated heterocycles. The Labute approximate surface area is 117 Å². The van der Waals surface area contributed by atoms with Crippen molar-refractivity contribution in [3.63, 3.8) is 0 Å². The fourth-order valence-electron chi connectivity index (χ4n) is 1.69. The molecule has 0 amide bonds. The molecule has 1 aromatic carbocycles. The lowest BCUT2D eigenvalue weighted by atomic mass is 10.1. The molecule has 0 aliphatic rings. The first-order chi connectivity index (χ1) is 9.06. The Balaban J connectivity index is 2.57. The molecule has 0 spiro atoms. The average molecular weight is 328 g/mol. The number of aromatic nitrogens is 1. The molecule has 0 radical (unpaired) electrons. The van der Waals surface area contributed by atoms with Gasteiger partial charge in [-0.25, -0.2) is 9.18 Å². The molecule has 0 atom stereocenters. The second-order valence-corrected chi connectivity index (χ2v) is 4.64. The Kier molecular flexibility index (Phi) is 3.99. The number of hydrogen-bond acceptors (Lipinski definition) is 4. The molecular formula is C13H11BrFNO3. The molecule has 0 N–H and O–H groups in total. The van der Waals surface area contributed by atoms with E-state index in [9.17, 15) is 9.18 Å². The maximum atomic E-state index is 14.0. The van der Waals surface area contributed by atoms with Gasteiger partial charge in [0.15, 0.2) is 0 Å². The van der Waals surface area contributed by atoms with Crippen molar-refractivity contribution < 1.29 is 18.4 Å². The zero-order chi connectivity index (χ0) is 14.0. The molecule has 1 aromatic heterocycles. The summed E-state index contributed by atoms with van der Waals surface area (Å²) in [4.78, 5) is 11.9. The number of ether oxygens (including phenoxy) is 1. The van der Waals surface area contributed by atoms with Gasteiger partial charge in [-0.05, 0) is 41.9 Å². The third kappa shape index (κ3) is 2.53. The van der Waals surface area contributed by atoms with Gasteiger partial charge in [-0.2, -0.15) is 0 Å². The van der Waals surface area contributed by atoms with Crippen molar-refractivity contribution >= 4 is 21.9 Å². The minimum absolute atomic E-state index is 0.148. The summed E-state index contributed by atoms with van der Waals surface area (Å²) in [6.07, 6.45) is 0. The highest BCUT2D eigenvalue weighted by Crippen LogP contribution is 2.31. The Morgan fingerprint density at radius 2 is 2.26 bits per heavy atom. The zero-order valence-corrected chi connectivity index (χ0v) is 12.0. The van der Waals surface area contributed by atoms with Crippen LogP contribution in [0.1, 0.15) is 23.0 Å². The minimum Gasteiger partial charge on any atom is -0.462 e. The number of aryl methyl sites for hydroxylation is 1. The van der Waals surface area contributed by atoms with Crippen LogP contribution < -0.4 is 0 Å². The number of hydrogen-bond donors (Lipinski definition) is 0. The Morgan fingerprint density at radius 3 is 2.95 bits per heavy atom. The van der Waals surface area contributed by atoms with E-state index in [-0.39, 0.29) is 23.4 Å². The summed E-state index contributed by atoms with van der Waals surface area (Å²) >= 11 is 3.09. The van der Waals surface area contributed by atoms with Crippen LogP contribution in [-0.4, -0.2) is 17.7 Å². The Hall–Kier alpha value is -1.69. The van der Waals surface area contributed by atoms with E-state index in [4.69, 9.17) is 9.26 Å². The van der Waals surface area contributed by atoms with E-state index in [1.54, 1.807) is 26.0 Å². The van der Waals surface area contributed by atoms with Crippen molar-refractivity contribution in [2.24, 2.45) is 0 Å². The highest BCUT2D eigenvalue weighted by Gasteiger charge is 2.25. The third-order valence-electron chi connectivity index (χ3n) is 2.55. The number of halogens is 2. The van der Waals surface area contributed by atoms with Crippen molar-refractivity contribution in [3.8, 4) is 11.3 Å². The van der Waals surface area contributed by atoms with Gasteiger partial charge in [0.1, 0.15) is 22.8 Å². The molecule has 0 aliphatic heterocycles. The molecule has 1 heterocycles. The van der Waals surface area contributed by atoms with Crippen LogP contribution >= 0.6 is 15.9 Å². The van der Waals surface area contributed by atoms with Crippen LogP contribution in [-0.2, 0) is 4.74 Å². The van der Waals surface area contributed by atoms with Crippen LogP contribution in [0.2, 0.25) is 0 Å². The average Bonchev–Trinajstić information content (AvgIpc) is 2.75. The molecule has 6 heteroatoms. The second kappa shape index (κ2) is 5.52. The molecule has 0 aliphatic carbocycles. The summed E-state index contributed by atoms with van der Waals surface area (Å²) in [5.41, 5.74) is 0.489. The van der Waals surface area contributed by atoms with Crippen LogP contribution in [0.4, 0.5) is 4.39 Å². The van der Waals surface area contributed by atoms with E-state index >= 15 is 0 Å². The van der Waals surface area contributed by atoms with Crippen molar-refractivity contribution in [2.75, 3.05) is 6.61 Å². The van der Waals surface area contributed by atoms with Gasteiger partial charge >= 0.3 is 5.97 Å². The van der Waals surface area contributed by atoms with Crippen molar-refractivity contribution in [1.82, 2.24) is 5.16 Å². The zero-order valence-electron chi connectivity index (χ0n) is 10.4. The summed E-state index contributed by atoms with van der Waals surface area (Å²) < 4.78 is 24.2. The fourth-order valence-corrected chi connectivity index (χ4v) is 2.05. The quantitative estimate of drug-likeness (QED) is 0.806. The first-order valence-corrected chi connectivity index (χ1v) is 6.43. The van der Waals surface area contributed by atoms with Crippen molar-refractivity contribution in [1.29, 1.82) is 0 Å². The van der Waals surface area contributed by atoms with Gasteiger partial charge in [0.2, 0.25) is 0 Å². The van der Waals surface area contributed by atoms with Gasteiger partial charge in [-0.1, -0.05) is 11.2 Å². The molecule has 19 heavy (non-hydrogen) atoms. The van der Waals surface area contributed by atoms with Crippen molar-refractivity contribution in [3.05, 3.63) is 39.8 Å². The summed E-state index contributed by atoms with van der Waals surface area (Å²) in [6, 6.07) is 4.75. The monoisotopic (exact) mass is 327 g/mol. The normalized spacial score (nSPS) is 10.5. The predicted molar refractivity (Wildman–Crippen MR) is 70.3 cm³/mol. The Morgan fingerprint density at radius 1 is 1.53 bits per heavy atom. The smallest absolute Gasteiger partial charge is 0.344 e. The molecule has 0 unspecified atom stereocenters. The maximum Gasteiger partial charge on any atom is 0.344 e. The fraction of sp³-hybridized carbons (Fsp3) is 0.231. The lowest BCUT2D eigenvalue weighted by Gasteiger charge is -2.04. The lowest BCUT2D eigenvalue weighted by molar-refractivity contribution is 0.0525. The molecule has 0 bridgehead atoms. The van der Waals surface area contributed by atoms with Crippen LogP contribution in [0.25, 0.3) is 11.3 Å². The van der Waals surface area contributed by atoms with Crippen molar-refractivity contribution in [2.45, 2.75) is 13.8 Å². The summed E-state index contributed by atoms with van der Waals surface area (Å²) in [7, 11) is 0. The topological polar surface area (TPSA) is 52.3 Å². The third-order valence-corrected chi connectivity index (χ3v) is 3.16. The summed E-state index contributed by atoms with van der Waals surface area (Å²) in [5.74, 6) is -0.773. The molecule has 4 nitrogen and oxygen atoms in total. The molecule has 100 valence electrons. The van der Waals surface area contributed by atoms with Crippen LogP contribution in [0.3, 0.4) is 0 Å². The second-order valence-electron chi connectivity index (χ2n) is 3.78. The molecule has 2 aromatic rings. The molecular weight excluding hydrogens is 317 g/mol. The maximum absolute atomic E-state index is 14.0. The molecule has 2 rings (SSSR count). The first-order valence-electron chi connectivity index (χ1n) is 5.64. The van der Waals surface area contributed by atoms with Gasteiger partial charge in [0.05, 0.1) is 11.1 Å². The van der Waals surface area contributed by atoms with Crippen LogP contribution in [0.15, 0.2) is 27.2 Å². The molecule has 0 saturated carbocycles. The van der Waals surface area contributed by atoms with Crippen LogP contribution in [0, 0.1) is 12.7 Å². The summed E-state index contributed by atoms with van der Waals surface area (Å²) in [5, 5.41) is 3.75. The SMILES string of the molecule is CCOC(=O)c1c(-c2cccc(Br)c2F)noc1C. The highest BCUT2D eigenvalue weighted by atomic mass is 79.9. The van der Waals surface area contributed by atoms with Gasteiger partial charge in [0, 0.05) is 5.56 Å². The number of benzene rings is 1. The molecule has 0 fully saturated rings. The number of nitrogens with zero attached hydrogens (tertiary/aromatic N) is 1. The van der Waals surface area contributed by atoms with E-state index < -0.39 is 11.8 Å². The van der Waals surface area contributed by atoms with Gasteiger partial charge in [-0.3, -0.25) is 0 Å². The standard InChI is InChI=1S/C13H11BrFNO3/c1-3-18-13(17)10-7(2)19-16-12(10)8-5-4-6-9(14)11(8)15/h4-6H,3H2,1-2H3. The Bertz CT molecular complexity index is 624. The van der Waals surface area contributed by atoms with Crippen LogP contribution in [0.5, 0.6) is 0 Å². The number of rotatable bonds is 3. The van der Waals surface area contributed by atoms with Gasteiger partial charge in [-0.15, -0.1) is 0 Å². The first kappa shape index (κ1) is 13.7. The van der Waals surface area contributed by atoms with E-state index in [0.717, 1.165) is 0 Å². The van der Waals surface area contributed by atoms with E-state index in [0.29, 0.717) is 10.2 Å². The number of carbonyl (C=O) groups is 1. The highest BCUT2D eigenvalue weighted by molar-refractivity contribution is 9.10. The summed E-state index contributed by atoms with van der Waals surface area (Å²) in [6.45, 7) is 3.50. The van der Waals surface area contributed by atoms with E-state index in [1.165, 1.54) is 6.07 Å². The van der Waals surface area contributed by atoms with E-state index in [1.807, 2.05) is 0 Å². The predicted octanol–water partition coefficient (Wildman–Crippen LogP) is 3.73. The minimum atomic E-state index is -0.573. The number of esters is 1. The largest absolute Gasteiger partial charge is 0.462 e. The lowest BCUT2D eigenvalue weighted by Crippen LogP contribution is -2.07. The van der Waals surface area contributed by atoms with E-state index in [2.05, 4.69) is 21.1 Å². The van der Waals surface area contributed by atoms with Gasteiger partial charge < -0.3 is 9.26 Å².